The quantitative estimate of drug-likeness (QED) is 0.656. The molecule has 2 rings (SSSR count). The first-order chi connectivity index (χ1) is 7.70. The van der Waals surface area contributed by atoms with Crippen LogP contribution in [-0.4, -0.2) is 54.2 Å². The SMILES string of the molecule is CCN1CCC(CN2CCC(=O)C2=O)CC1. The number of nitrogens with zero attached hydrogens (tertiary/aromatic N) is 2. The summed E-state index contributed by atoms with van der Waals surface area (Å²) in [6.07, 6.45) is 2.74. The maximum absolute atomic E-state index is 11.5. The molecule has 2 aliphatic rings. The van der Waals surface area contributed by atoms with Crippen LogP contribution in [0.25, 0.3) is 0 Å². The van der Waals surface area contributed by atoms with E-state index in [0.29, 0.717) is 18.9 Å². The fourth-order valence-corrected chi connectivity index (χ4v) is 2.59. The van der Waals surface area contributed by atoms with Crippen molar-refractivity contribution in [1.82, 2.24) is 9.80 Å². The molecule has 0 aliphatic carbocycles. The molecule has 1 amide bonds. The summed E-state index contributed by atoms with van der Waals surface area (Å²) in [5, 5.41) is 0. The number of amides is 1. The number of ketones is 1. The normalized spacial score (nSPS) is 24.4. The fourth-order valence-electron chi connectivity index (χ4n) is 2.59. The third kappa shape index (κ3) is 2.43. The molecule has 2 aliphatic heterocycles. The van der Waals surface area contributed by atoms with Crippen LogP contribution in [-0.2, 0) is 9.59 Å². The van der Waals surface area contributed by atoms with Gasteiger partial charge in [0.2, 0.25) is 5.78 Å². The molecule has 4 nitrogen and oxygen atoms in total. The van der Waals surface area contributed by atoms with Crippen LogP contribution >= 0.6 is 0 Å². The van der Waals surface area contributed by atoms with E-state index in [4.69, 9.17) is 0 Å². The Hall–Kier alpha value is -0.900. The molecule has 0 aromatic rings. The molecule has 0 atom stereocenters. The van der Waals surface area contributed by atoms with Crippen molar-refractivity contribution in [3.63, 3.8) is 0 Å². The molecule has 4 heteroatoms. The first-order valence-electron chi connectivity index (χ1n) is 6.25. The largest absolute Gasteiger partial charge is 0.335 e. The fraction of sp³-hybridized carbons (Fsp3) is 0.833. The van der Waals surface area contributed by atoms with Crippen LogP contribution in [0.4, 0.5) is 0 Å². The van der Waals surface area contributed by atoms with E-state index in [2.05, 4.69) is 11.8 Å². The average molecular weight is 224 g/mol. The van der Waals surface area contributed by atoms with E-state index in [-0.39, 0.29) is 11.7 Å². The molecule has 0 spiro atoms. The maximum Gasteiger partial charge on any atom is 0.290 e. The summed E-state index contributed by atoms with van der Waals surface area (Å²) < 4.78 is 0. The highest BCUT2D eigenvalue weighted by atomic mass is 16.2. The second-order valence-electron chi connectivity index (χ2n) is 4.80. The molecular weight excluding hydrogens is 204 g/mol. The van der Waals surface area contributed by atoms with Gasteiger partial charge in [-0.15, -0.1) is 0 Å². The molecule has 90 valence electrons. The first-order valence-corrected chi connectivity index (χ1v) is 6.25. The van der Waals surface area contributed by atoms with Gasteiger partial charge in [-0.1, -0.05) is 6.92 Å². The molecule has 0 aromatic heterocycles. The lowest BCUT2D eigenvalue weighted by Gasteiger charge is -2.32. The Morgan fingerprint density at radius 2 is 1.88 bits per heavy atom. The highest BCUT2D eigenvalue weighted by Gasteiger charge is 2.31. The van der Waals surface area contributed by atoms with Gasteiger partial charge in [-0.05, 0) is 38.4 Å². The Morgan fingerprint density at radius 1 is 1.19 bits per heavy atom. The Kier molecular flexibility index (Phi) is 3.59. The van der Waals surface area contributed by atoms with Crippen molar-refractivity contribution in [3.05, 3.63) is 0 Å². The minimum atomic E-state index is -0.252. The van der Waals surface area contributed by atoms with Gasteiger partial charge in [-0.3, -0.25) is 9.59 Å². The third-order valence-corrected chi connectivity index (χ3v) is 3.77. The van der Waals surface area contributed by atoms with E-state index in [0.717, 1.165) is 39.0 Å². The van der Waals surface area contributed by atoms with Gasteiger partial charge >= 0.3 is 0 Å². The van der Waals surface area contributed by atoms with Gasteiger partial charge in [0.25, 0.3) is 5.91 Å². The lowest BCUT2D eigenvalue weighted by Crippen LogP contribution is -2.39. The number of carbonyl (C=O) groups excluding carboxylic acids is 2. The van der Waals surface area contributed by atoms with Crippen molar-refractivity contribution in [2.45, 2.75) is 26.2 Å². The Bertz CT molecular complexity index is 283. The predicted octanol–water partition coefficient (Wildman–Crippen LogP) is 0.520. The zero-order valence-corrected chi connectivity index (χ0v) is 9.95. The van der Waals surface area contributed by atoms with Crippen LogP contribution in [0.1, 0.15) is 26.2 Å². The molecule has 0 bridgehead atoms. The van der Waals surface area contributed by atoms with Crippen molar-refractivity contribution in [3.8, 4) is 0 Å². The lowest BCUT2D eigenvalue weighted by atomic mass is 9.96. The van der Waals surface area contributed by atoms with Crippen LogP contribution < -0.4 is 0 Å². The van der Waals surface area contributed by atoms with E-state index < -0.39 is 0 Å². The topological polar surface area (TPSA) is 40.6 Å². The van der Waals surface area contributed by atoms with E-state index in [1.54, 1.807) is 4.90 Å². The predicted molar refractivity (Wildman–Crippen MR) is 61.0 cm³/mol. The summed E-state index contributed by atoms with van der Waals surface area (Å²) in [6, 6.07) is 0. The van der Waals surface area contributed by atoms with Crippen LogP contribution in [0.2, 0.25) is 0 Å². The van der Waals surface area contributed by atoms with E-state index >= 15 is 0 Å². The molecule has 2 fully saturated rings. The van der Waals surface area contributed by atoms with Gasteiger partial charge in [0.1, 0.15) is 0 Å². The molecule has 2 saturated heterocycles. The smallest absolute Gasteiger partial charge is 0.290 e. The zero-order chi connectivity index (χ0) is 11.5. The Balaban J connectivity index is 1.79. The van der Waals surface area contributed by atoms with Crippen molar-refractivity contribution >= 4 is 11.7 Å². The molecule has 0 radical (unpaired) electrons. The highest BCUT2D eigenvalue weighted by molar-refractivity contribution is 6.37. The standard InChI is InChI=1S/C12H20N2O2/c1-2-13-6-3-10(4-7-13)9-14-8-5-11(15)12(14)16/h10H,2-9H2,1H3. The average Bonchev–Trinajstić information content (AvgIpc) is 2.62. The first kappa shape index (κ1) is 11.6. The number of rotatable bonds is 3. The monoisotopic (exact) mass is 224 g/mol. The third-order valence-electron chi connectivity index (χ3n) is 3.77. The van der Waals surface area contributed by atoms with Crippen LogP contribution in [0, 0.1) is 5.92 Å². The highest BCUT2D eigenvalue weighted by Crippen LogP contribution is 2.20. The molecule has 0 aromatic carbocycles. The number of hydrogen-bond donors (Lipinski definition) is 0. The second-order valence-corrected chi connectivity index (χ2v) is 4.80. The van der Waals surface area contributed by atoms with E-state index in [1.807, 2.05) is 0 Å². The molecule has 2 heterocycles. The van der Waals surface area contributed by atoms with E-state index in [1.165, 1.54) is 0 Å². The summed E-state index contributed by atoms with van der Waals surface area (Å²) in [4.78, 5) is 26.8. The second kappa shape index (κ2) is 4.95. The summed E-state index contributed by atoms with van der Waals surface area (Å²) in [5.74, 6) is 0.140. The number of hydrogen-bond acceptors (Lipinski definition) is 3. The number of carbonyl (C=O) groups is 2. The number of piperidine rings is 1. The Morgan fingerprint density at radius 3 is 2.38 bits per heavy atom. The van der Waals surface area contributed by atoms with Crippen molar-refractivity contribution in [2.75, 3.05) is 32.7 Å². The summed E-state index contributed by atoms with van der Waals surface area (Å²) >= 11 is 0. The minimum absolute atomic E-state index is 0.203. The van der Waals surface area contributed by atoms with Gasteiger partial charge in [0.05, 0.1) is 0 Å². The van der Waals surface area contributed by atoms with E-state index in [9.17, 15) is 9.59 Å². The molecular formula is C12H20N2O2. The molecule has 0 N–H and O–H groups in total. The summed E-state index contributed by atoms with van der Waals surface area (Å²) in [5.41, 5.74) is 0. The number of likely N-dealkylation sites (tertiary alicyclic amines) is 2. The van der Waals surface area contributed by atoms with Crippen LogP contribution in [0.15, 0.2) is 0 Å². The van der Waals surface area contributed by atoms with Gasteiger partial charge in [0, 0.05) is 19.5 Å². The number of Topliss-reactive ketones (excluding diaryl/α,β-unsaturated/α-hetero) is 1. The molecule has 16 heavy (non-hydrogen) atoms. The molecule has 0 saturated carbocycles. The van der Waals surface area contributed by atoms with Gasteiger partial charge in [-0.2, -0.15) is 0 Å². The van der Waals surface area contributed by atoms with Crippen molar-refractivity contribution < 1.29 is 9.59 Å². The zero-order valence-electron chi connectivity index (χ0n) is 9.95. The summed E-state index contributed by atoms with van der Waals surface area (Å²) in [7, 11) is 0. The Labute approximate surface area is 96.6 Å². The maximum atomic E-state index is 11.5. The van der Waals surface area contributed by atoms with Gasteiger partial charge in [-0.25, -0.2) is 0 Å². The van der Waals surface area contributed by atoms with Crippen molar-refractivity contribution in [2.24, 2.45) is 5.92 Å². The van der Waals surface area contributed by atoms with Crippen LogP contribution in [0.3, 0.4) is 0 Å². The minimum Gasteiger partial charge on any atom is -0.335 e. The van der Waals surface area contributed by atoms with Crippen LogP contribution in [0.5, 0.6) is 0 Å². The molecule has 0 unspecified atom stereocenters. The van der Waals surface area contributed by atoms with Gasteiger partial charge < -0.3 is 9.80 Å². The lowest BCUT2D eigenvalue weighted by molar-refractivity contribution is -0.140. The van der Waals surface area contributed by atoms with Gasteiger partial charge in [0.15, 0.2) is 0 Å². The summed E-state index contributed by atoms with van der Waals surface area (Å²) in [6.45, 7) is 7.01. The van der Waals surface area contributed by atoms with Crippen molar-refractivity contribution in [1.29, 1.82) is 0 Å².